The Morgan fingerprint density at radius 1 is 1.12 bits per heavy atom. The lowest BCUT2D eigenvalue weighted by Gasteiger charge is -2.11. The van der Waals surface area contributed by atoms with E-state index in [0.717, 1.165) is 10.3 Å². The maximum Gasteiger partial charge on any atom is 0.322 e. The number of hydrogen-bond acceptors (Lipinski definition) is 7. The molecule has 4 rings (SSSR count). The molecular weight excluding hydrogens is 328 g/mol. The van der Waals surface area contributed by atoms with Gasteiger partial charge in [-0.1, -0.05) is 23.3 Å². The molecule has 0 spiro atoms. The normalized spacial score (nSPS) is 14.5. The van der Waals surface area contributed by atoms with E-state index in [1.807, 2.05) is 24.3 Å². The Balaban J connectivity index is 1.46. The molecule has 1 aliphatic heterocycles. The number of likely N-dealkylation sites (tertiary alicyclic amines) is 1. The van der Waals surface area contributed by atoms with Gasteiger partial charge in [0.25, 0.3) is 5.89 Å². The van der Waals surface area contributed by atoms with Crippen LogP contribution < -0.4 is 5.32 Å². The van der Waals surface area contributed by atoms with Gasteiger partial charge in [-0.2, -0.15) is 0 Å². The van der Waals surface area contributed by atoms with Gasteiger partial charge < -0.3 is 8.83 Å². The van der Waals surface area contributed by atoms with Crippen molar-refractivity contribution in [1.82, 2.24) is 15.1 Å². The van der Waals surface area contributed by atoms with E-state index in [1.54, 1.807) is 6.07 Å². The molecule has 25 heavy (non-hydrogen) atoms. The molecule has 1 aliphatic rings. The minimum atomic E-state index is -0.594. The van der Waals surface area contributed by atoms with Gasteiger partial charge in [0.2, 0.25) is 17.7 Å². The maximum absolute atomic E-state index is 11.9. The molecular formula is C16H12N4O5. The summed E-state index contributed by atoms with van der Waals surface area (Å²) in [5.74, 6) is -0.843. The van der Waals surface area contributed by atoms with Crippen LogP contribution in [0.15, 0.2) is 39.2 Å². The number of anilines is 1. The Kier molecular flexibility index (Phi) is 3.53. The summed E-state index contributed by atoms with van der Waals surface area (Å²) < 4.78 is 11.0. The molecule has 0 saturated carbocycles. The van der Waals surface area contributed by atoms with Crippen molar-refractivity contribution in [2.45, 2.75) is 12.8 Å². The average molecular weight is 340 g/mol. The number of para-hydroxylation sites is 1. The number of carbonyl (C=O) groups is 3. The summed E-state index contributed by atoms with van der Waals surface area (Å²) in [6.45, 7) is -0.375. The fraction of sp³-hybridized carbons (Fsp3) is 0.188. The fourth-order valence-electron chi connectivity index (χ4n) is 2.56. The number of aromatic nitrogens is 2. The second-order valence-corrected chi connectivity index (χ2v) is 5.48. The first kappa shape index (κ1) is 15.1. The van der Waals surface area contributed by atoms with Crippen LogP contribution in [0, 0.1) is 0 Å². The van der Waals surface area contributed by atoms with E-state index in [1.165, 1.54) is 0 Å². The van der Waals surface area contributed by atoms with Gasteiger partial charge in [-0.05, 0) is 12.1 Å². The predicted molar refractivity (Wildman–Crippen MR) is 84.1 cm³/mol. The Morgan fingerprint density at radius 2 is 1.88 bits per heavy atom. The molecule has 1 N–H and O–H groups in total. The Morgan fingerprint density at radius 3 is 2.64 bits per heavy atom. The lowest BCUT2D eigenvalue weighted by Crippen LogP contribution is -2.36. The molecule has 0 atom stereocenters. The number of imide groups is 1. The minimum absolute atomic E-state index is 0.111. The summed E-state index contributed by atoms with van der Waals surface area (Å²) >= 11 is 0. The van der Waals surface area contributed by atoms with Crippen molar-refractivity contribution in [2.75, 3.05) is 11.9 Å². The molecule has 9 nitrogen and oxygen atoms in total. The van der Waals surface area contributed by atoms with E-state index in [0.29, 0.717) is 11.3 Å². The third-order valence-corrected chi connectivity index (χ3v) is 3.76. The molecule has 3 amide bonds. The number of carbonyl (C=O) groups excluding carboxylic acids is 3. The van der Waals surface area contributed by atoms with E-state index >= 15 is 0 Å². The number of amides is 3. The number of nitrogens with one attached hydrogen (secondary N) is 1. The van der Waals surface area contributed by atoms with Crippen molar-refractivity contribution in [3.63, 3.8) is 0 Å². The smallest absolute Gasteiger partial charge is 0.322 e. The largest absolute Gasteiger partial charge is 0.451 e. The SMILES string of the molecule is O=C(CN1C(=O)CCC1=O)Nc1nnc(-c2cc3ccccc3o2)o1. The van der Waals surface area contributed by atoms with Gasteiger partial charge >= 0.3 is 6.01 Å². The van der Waals surface area contributed by atoms with Gasteiger partial charge in [0, 0.05) is 18.2 Å². The van der Waals surface area contributed by atoms with E-state index in [4.69, 9.17) is 8.83 Å². The highest BCUT2D eigenvalue weighted by Gasteiger charge is 2.30. The molecule has 3 heterocycles. The molecule has 0 bridgehead atoms. The van der Waals surface area contributed by atoms with Gasteiger partial charge in [-0.15, -0.1) is 5.10 Å². The van der Waals surface area contributed by atoms with Crippen LogP contribution in [0.25, 0.3) is 22.6 Å². The van der Waals surface area contributed by atoms with Crippen LogP contribution >= 0.6 is 0 Å². The highest BCUT2D eigenvalue weighted by molar-refractivity contribution is 6.05. The number of hydrogen-bond donors (Lipinski definition) is 1. The Labute approximate surface area is 140 Å². The Bertz CT molecular complexity index is 940. The van der Waals surface area contributed by atoms with Crippen LogP contribution in [0.2, 0.25) is 0 Å². The zero-order chi connectivity index (χ0) is 17.4. The van der Waals surface area contributed by atoms with Gasteiger partial charge in [0.1, 0.15) is 12.1 Å². The lowest BCUT2D eigenvalue weighted by atomic mass is 10.2. The quantitative estimate of drug-likeness (QED) is 0.716. The van der Waals surface area contributed by atoms with Gasteiger partial charge in [0.05, 0.1) is 0 Å². The first-order valence-electron chi connectivity index (χ1n) is 7.55. The standard InChI is InChI=1S/C16H12N4O5/c21-12(8-20-13(22)5-6-14(20)23)17-16-19-18-15(25-16)11-7-9-3-1-2-4-10(9)24-11/h1-4,7H,5-6,8H2,(H,17,19,21). The molecule has 2 aromatic heterocycles. The summed E-state index contributed by atoms with van der Waals surface area (Å²) in [4.78, 5) is 35.9. The van der Waals surface area contributed by atoms with E-state index < -0.39 is 5.91 Å². The number of furan rings is 1. The fourth-order valence-corrected chi connectivity index (χ4v) is 2.56. The van der Waals surface area contributed by atoms with Gasteiger partial charge in [-0.25, -0.2) is 0 Å². The molecule has 0 unspecified atom stereocenters. The zero-order valence-corrected chi connectivity index (χ0v) is 12.9. The lowest BCUT2D eigenvalue weighted by molar-refractivity contribution is -0.141. The third-order valence-electron chi connectivity index (χ3n) is 3.76. The van der Waals surface area contributed by atoms with Crippen LogP contribution in [0.5, 0.6) is 0 Å². The summed E-state index contributed by atoms with van der Waals surface area (Å²) in [6.07, 6.45) is 0.256. The van der Waals surface area contributed by atoms with E-state index in [9.17, 15) is 14.4 Å². The van der Waals surface area contributed by atoms with Gasteiger partial charge in [-0.3, -0.25) is 24.6 Å². The summed E-state index contributed by atoms with van der Waals surface area (Å²) in [7, 11) is 0. The van der Waals surface area contributed by atoms with Crippen molar-refractivity contribution in [2.24, 2.45) is 0 Å². The average Bonchev–Trinajstić information content (AvgIpc) is 3.29. The predicted octanol–water partition coefficient (Wildman–Crippen LogP) is 1.57. The van der Waals surface area contributed by atoms with Crippen LogP contribution in [-0.4, -0.2) is 39.4 Å². The summed E-state index contributed by atoms with van der Waals surface area (Å²) in [6, 6.07) is 9.01. The second-order valence-electron chi connectivity index (χ2n) is 5.48. The molecule has 126 valence electrons. The Hall–Kier alpha value is -3.49. The van der Waals surface area contributed by atoms with Crippen molar-refractivity contribution in [3.05, 3.63) is 30.3 Å². The highest BCUT2D eigenvalue weighted by atomic mass is 16.4. The maximum atomic E-state index is 11.9. The van der Waals surface area contributed by atoms with Crippen molar-refractivity contribution < 1.29 is 23.2 Å². The number of nitrogens with zero attached hydrogens (tertiary/aromatic N) is 3. The minimum Gasteiger partial charge on any atom is -0.451 e. The molecule has 3 aromatic rings. The molecule has 9 heteroatoms. The van der Waals surface area contributed by atoms with Crippen LogP contribution in [0.4, 0.5) is 6.01 Å². The van der Waals surface area contributed by atoms with Crippen LogP contribution in [0.1, 0.15) is 12.8 Å². The third kappa shape index (κ3) is 2.87. The van der Waals surface area contributed by atoms with Crippen molar-refractivity contribution >= 4 is 34.7 Å². The molecule has 1 fully saturated rings. The zero-order valence-electron chi connectivity index (χ0n) is 12.9. The highest BCUT2D eigenvalue weighted by Crippen LogP contribution is 2.27. The summed E-state index contributed by atoms with van der Waals surface area (Å²) in [5, 5.41) is 10.8. The van der Waals surface area contributed by atoms with Crippen LogP contribution in [0.3, 0.4) is 0 Å². The second kappa shape index (κ2) is 5.86. The van der Waals surface area contributed by atoms with Crippen molar-refractivity contribution in [1.29, 1.82) is 0 Å². The topological polar surface area (TPSA) is 119 Å². The van der Waals surface area contributed by atoms with Crippen LogP contribution in [-0.2, 0) is 14.4 Å². The molecule has 0 radical (unpaired) electrons. The van der Waals surface area contributed by atoms with Crippen molar-refractivity contribution in [3.8, 4) is 11.7 Å². The monoisotopic (exact) mass is 340 g/mol. The summed E-state index contributed by atoms with van der Waals surface area (Å²) in [5.41, 5.74) is 0.673. The van der Waals surface area contributed by atoms with E-state index in [2.05, 4.69) is 15.5 Å². The number of benzene rings is 1. The first-order chi connectivity index (χ1) is 12.1. The van der Waals surface area contributed by atoms with Gasteiger partial charge in [0.15, 0.2) is 5.76 Å². The number of rotatable bonds is 4. The van der Waals surface area contributed by atoms with E-state index in [-0.39, 0.29) is 43.1 Å². The molecule has 1 saturated heterocycles. The first-order valence-corrected chi connectivity index (χ1v) is 7.55. The number of fused-ring (bicyclic) bond motifs is 1. The molecule has 1 aromatic carbocycles. The molecule has 0 aliphatic carbocycles.